The Morgan fingerprint density at radius 3 is 2.39 bits per heavy atom. The van der Waals surface area contributed by atoms with Crippen LogP contribution in [-0.2, 0) is 16.1 Å². The van der Waals surface area contributed by atoms with Crippen molar-refractivity contribution in [1.82, 2.24) is 15.1 Å². The molecule has 1 aromatic carbocycles. The van der Waals surface area contributed by atoms with Gasteiger partial charge >= 0.3 is 6.03 Å². The van der Waals surface area contributed by atoms with Crippen LogP contribution in [0.2, 0.25) is 0 Å². The molecule has 3 aliphatic rings. The highest BCUT2D eigenvalue weighted by molar-refractivity contribution is 6.07. The number of carbonyl (C=O) groups excluding carboxylic acids is 3. The van der Waals surface area contributed by atoms with Crippen LogP contribution in [0.5, 0.6) is 0 Å². The molecule has 1 spiro atoms. The molecule has 3 fully saturated rings. The van der Waals surface area contributed by atoms with E-state index in [1.165, 1.54) is 21.9 Å². The molecule has 2 heterocycles. The Labute approximate surface area is 161 Å². The number of carbonyl (C=O) groups is 3. The number of urea groups is 1. The van der Waals surface area contributed by atoms with Crippen LogP contribution in [0.15, 0.2) is 18.2 Å². The van der Waals surface area contributed by atoms with Gasteiger partial charge in [0.25, 0.3) is 5.91 Å². The first-order valence-corrected chi connectivity index (χ1v) is 9.73. The summed E-state index contributed by atoms with van der Waals surface area (Å²) in [6.45, 7) is 0.640. The third-order valence-corrected chi connectivity index (χ3v) is 5.98. The molecular formula is C20H23F2N3O3. The van der Waals surface area contributed by atoms with Crippen molar-refractivity contribution in [3.63, 3.8) is 0 Å². The van der Waals surface area contributed by atoms with Crippen molar-refractivity contribution in [3.8, 4) is 0 Å². The van der Waals surface area contributed by atoms with Gasteiger partial charge in [0.15, 0.2) is 0 Å². The van der Waals surface area contributed by atoms with E-state index in [0.717, 1.165) is 25.3 Å². The summed E-state index contributed by atoms with van der Waals surface area (Å²) in [5.74, 6) is -1.88. The van der Waals surface area contributed by atoms with Crippen molar-refractivity contribution in [1.29, 1.82) is 0 Å². The number of hydrogen-bond acceptors (Lipinski definition) is 3. The third-order valence-electron chi connectivity index (χ3n) is 5.98. The van der Waals surface area contributed by atoms with Crippen molar-refractivity contribution in [2.75, 3.05) is 13.1 Å². The molecule has 0 aromatic heterocycles. The molecular weight excluding hydrogens is 368 g/mol. The van der Waals surface area contributed by atoms with Crippen LogP contribution in [-0.4, -0.2) is 46.3 Å². The van der Waals surface area contributed by atoms with Crippen LogP contribution in [0.3, 0.4) is 0 Å². The number of hydrogen-bond donors (Lipinski definition) is 1. The van der Waals surface area contributed by atoms with E-state index in [-0.39, 0.29) is 43.3 Å². The minimum atomic E-state index is -0.767. The van der Waals surface area contributed by atoms with Crippen LogP contribution >= 0.6 is 0 Å². The van der Waals surface area contributed by atoms with Crippen molar-refractivity contribution < 1.29 is 23.2 Å². The van der Waals surface area contributed by atoms with Crippen LogP contribution in [0.4, 0.5) is 13.6 Å². The van der Waals surface area contributed by atoms with Crippen LogP contribution in [0.1, 0.15) is 44.1 Å². The van der Waals surface area contributed by atoms with Crippen molar-refractivity contribution in [2.45, 2.75) is 50.6 Å². The Bertz CT molecular complexity index is 803. The summed E-state index contributed by atoms with van der Waals surface area (Å²) in [5, 5.41) is 2.87. The molecule has 1 saturated carbocycles. The Morgan fingerprint density at radius 2 is 1.71 bits per heavy atom. The van der Waals surface area contributed by atoms with Crippen molar-refractivity contribution in [2.24, 2.45) is 5.92 Å². The lowest BCUT2D eigenvalue weighted by Gasteiger charge is -2.30. The molecule has 6 nitrogen and oxygen atoms in total. The summed E-state index contributed by atoms with van der Waals surface area (Å²) in [5.41, 5.74) is -0.390. The Morgan fingerprint density at radius 1 is 1.04 bits per heavy atom. The van der Waals surface area contributed by atoms with Gasteiger partial charge in [-0.1, -0.05) is 19.3 Å². The normalized spacial score (nSPS) is 24.4. The first kappa shape index (κ1) is 18.8. The molecule has 1 unspecified atom stereocenters. The fraction of sp³-hybridized carbons (Fsp3) is 0.550. The number of imide groups is 1. The van der Waals surface area contributed by atoms with Gasteiger partial charge in [-0.05, 0) is 30.5 Å². The second kappa shape index (κ2) is 7.14. The summed E-state index contributed by atoms with van der Waals surface area (Å²) in [6, 6.07) is 2.81. The van der Waals surface area contributed by atoms with Gasteiger partial charge in [-0.15, -0.1) is 0 Å². The SMILES string of the molecule is O=C1CC(CN2C(=O)NC3(CCCCC3)C2=O)CN1Cc1cc(F)cc(F)c1. The molecule has 2 saturated heterocycles. The summed E-state index contributed by atoms with van der Waals surface area (Å²) >= 11 is 0. The Kier molecular flexibility index (Phi) is 4.81. The molecule has 0 bridgehead atoms. The zero-order valence-electron chi connectivity index (χ0n) is 15.5. The number of rotatable bonds is 4. The molecule has 4 rings (SSSR count). The Hall–Kier alpha value is -2.51. The predicted octanol–water partition coefficient (Wildman–Crippen LogP) is 2.57. The average molecular weight is 391 g/mol. The van der Waals surface area contributed by atoms with E-state index in [1.807, 2.05) is 0 Å². The van der Waals surface area contributed by atoms with E-state index < -0.39 is 17.2 Å². The largest absolute Gasteiger partial charge is 0.338 e. The van der Waals surface area contributed by atoms with E-state index in [2.05, 4.69) is 5.32 Å². The lowest BCUT2D eigenvalue weighted by atomic mass is 9.81. The van der Waals surface area contributed by atoms with Gasteiger partial charge in [0.05, 0.1) is 0 Å². The summed E-state index contributed by atoms with van der Waals surface area (Å²) in [4.78, 5) is 40.3. The zero-order valence-corrected chi connectivity index (χ0v) is 15.5. The highest BCUT2D eigenvalue weighted by atomic mass is 19.1. The van der Waals surface area contributed by atoms with Gasteiger partial charge in [-0.2, -0.15) is 0 Å². The molecule has 0 radical (unpaired) electrons. The molecule has 150 valence electrons. The fourth-order valence-corrected chi connectivity index (χ4v) is 4.65. The quantitative estimate of drug-likeness (QED) is 0.802. The summed E-state index contributed by atoms with van der Waals surface area (Å²) in [6.07, 6.45) is 4.43. The standard InChI is InChI=1S/C20H23F2N3O3/c21-15-6-13(7-16(22)9-15)10-24-11-14(8-17(24)26)12-25-18(27)20(23-19(25)28)4-2-1-3-5-20/h6-7,9,14H,1-5,8,10-12H2,(H,23,28). The molecule has 2 aliphatic heterocycles. The first-order valence-electron chi connectivity index (χ1n) is 9.73. The van der Waals surface area contributed by atoms with Gasteiger partial charge in [-0.3, -0.25) is 14.5 Å². The van der Waals surface area contributed by atoms with Gasteiger partial charge in [0.2, 0.25) is 5.91 Å². The van der Waals surface area contributed by atoms with E-state index in [4.69, 9.17) is 0 Å². The fourth-order valence-electron chi connectivity index (χ4n) is 4.65. The van der Waals surface area contributed by atoms with E-state index in [0.29, 0.717) is 24.9 Å². The van der Waals surface area contributed by atoms with Crippen molar-refractivity contribution >= 4 is 17.8 Å². The summed E-state index contributed by atoms with van der Waals surface area (Å²) in [7, 11) is 0. The third kappa shape index (κ3) is 3.47. The van der Waals surface area contributed by atoms with E-state index in [1.54, 1.807) is 0 Å². The highest BCUT2D eigenvalue weighted by Crippen LogP contribution is 2.34. The number of halogens is 2. The van der Waals surface area contributed by atoms with Gasteiger partial charge in [0, 0.05) is 38.0 Å². The summed E-state index contributed by atoms with van der Waals surface area (Å²) < 4.78 is 26.7. The van der Waals surface area contributed by atoms with Gasteiger partial charge in [-0.25, -0.2) is 13.6 Å². The van der Waals surface area contributed by atoms with Gasteiger partial charge < -0.3 is 10.2 Å². The maximum absolute atomic E-state index is 13.4. The predicted molar refractivity (Wildman–Crippen MR) is 95.9 cm³/mol. The van der Waals surface area contributed by atoms with Crippen LogP contribution in [0, 0.1) is 17.6 Å². The number of benzene rings is 1. The Balaban J connectivity index is 1.40. The number of nitrogens with zero attached hydrogens (tertiary/aromatic N) is 2. The maximum atomic E-state index is 13.4. The van der Waals surface area contributed by atoms with Crippen LogP contribution in [0.25, 0.3) is 0 Å². The molecule has 8 heteroatoms. The molecule has 28 heavy (non-hydrogen) atoms. The molecule has 4 amide bonds. The lowest BCUT2D eigenvalue weighted by molar-refractivity contribution is -0.133. The topological polar surface area (TPSA) is 69.7 Å². The molecule has 1 atom stereocenters. The molecule has 1 N–H and O–H groups in total. The van der Waals surface area contributed by atoms with Crippen LogP contribution < -0.4 is 5.32 Å². The second-order valence-electron chi connectivity index (χ2n) is 8.11. The second-order valence-corrected chi connectivity index (χ2v) is 8.11. The first-order chi connectivity index (χ1) is 13.4. The monoisotopic (exact) mass is 391 g/mol. The minimum Gasteiger partial charge on any atom is -0.338 e. The van der Waals surface area contributed by atoms with E-state index >= 15 is 0 Å². The number of nitrogens with one attached hydrogen (secondary N) is 1. The molecule has 1 aliphatic carbocycles. The lowest BCUT2D eigenvalue weighted by Crippen LogP contribution is -2.48. The maximum Gasteiger partial charge on any atom is 0.325 e. The van der Waals surface area contributed by atoms with Gasteiger partial charge in [0.1, 0.15) is 17.2 Å². The van der Waals surface area contributed by atoms with E-state index in [9.17, 15) is 23.2 Å². The average Bonchev–Trinajstić information content (AvgIpc) is 3.07. The minimum absolute atomic E-state index is 0.105. The zero-order chi connectivity index (χ0) is 19.9. The number of likely N-dealkylation sites (tertiary alicyclic amines) is 1. The smallest absolute Gasteiger partial charge is 0.325 e. The number of amides is 4. The van der Waals surface area contributed by atoms with Crippen molar-refractivity contribution in [3.05, 3.63) is 35.4 Å². The highest BCUT2D eigenvalue weighted by Gasteiger charge is 2.52. The molecule has 1 aromatic rings.